The van der Waals surface area contributed by atoms with Gasteiger partial charge in [-0.25, -0.2) is 9.78 Å². The molecule has 0 fully saturated rings. The number of benzene rings is 2. The van der Waals surface area contributed by atoms with Crippen molar-refractivity contribution in [2.24, 2.45) is 14.1 Å². The smallest absolute Gasteiger partial charge is 0.318 e. The molecule has 0 amide bonds. The minimum Gasteiger partial charge on any atom is -0.318 e. The van der Waals surface area contributed by atoms with Gasteiger partial charge in [0.05, 0.1) is 6.54 Å². The molecule has 166 valence electrons. The van der Waals surface area contributed by atoms with Crippen molar-refractivity contribution in [1.82, 2.24) is 23.6 Å². The monoisotopic (exact) mass is 431 g/mol. The van der Waals surface area contributed by atoms with Crippen LogP contribution in [0.5, 0.6) is 0 Å². The molecule has 0 unspecified atom stereocenters. The van der Waals surface area contributed by atoms with E-state index in [1.54, 1.807) is 7.05 Å². The van der Waals surface area contributed by atoms with Gasteiger partial charge in [0.15, 0.2) is 11.2 Å². The van der Waals surface area contributed by atoms with Crippen LogP contribution in [-0.2, 0) is 33.7 Å². The second-order valence-electron chi connectivity index (χ2n) is 8.49. The van der Waals surface area contributed by atoms with Crippen LogP contribution >= 0.6 is 0 Å². The first-order valence-corrected chi connectivity index (χ1v) is 10.8. The summed E-state index contributed by atoms with van der Waals surface area (Å²) in [5.41, 5.74) is 2.64. The zero-order valence-corrected chi connectivity index (χ0v) is 19.0. The van der Waals surface area contributed by atoms with Gasteiger partial charge in [-0.2, -0.15) is 0 Å². The molecule has 7 heteroatoms. The number of fused-ring (bicyclic) bond motifs is 1. The number of aryl methyl sites for hydroxylation is 1. The minimum atomic E-state index is -0.368. The van der Waals surface area contributed by atoms with Crippen molar-refractivity contribution in [3.8, 4) is 0 Å². The van der Waals surface area contributed by atoms with Gasteiger partial charge >= 0.3 is 5.69 Å². The van der Waals surface area contributed by atoms with E-state index in [1.165, 1.54) is 22.7 Å². The lowest BCUT2D eigenvalue weighted by Crippen LogP contribution is -2.37. The van der Waals surface area contributed by atoms with Gasteiger partial charge in [0.2, 0.25) is 0 Å². The Kier molecular flexibility index (Phi) is 6.10. The lowest BCUT2D eigenvalue weighted by molar-refractivity contribution is 0.237. The third-order valence-corrected chi connectivity index (χ3v) is 5.74. The van der Waals surface area contributed by atoms with E-state index in [4.69, 9.17) is 4.98 Å². The Bertz CT molecular complexity index is 1290. The highest BCUT2D eigenvalue weighted by Gasteiger charge is 2.22. The summed E-state index contributed by atoms with van der Waals surface area (Å²) >= 11 is 0. The number of imidazole rings is 1. The van der Waals surface area contributed by atoms with Crippen LogP contribution in [0.25, 0.3) is 11.2 Å². The summed E-state index contributed by atoms with van der Waals surface area (Å²) in [5, 5.41) is 0. The molecule has 4 rings (SSSR count). The molecular weight excluding hydrogens is 402 g/mol. The maximum absolute atomic E-state index is 13.0. The number of hydrogen-bond donors (Lipinski definition) is 0. The van der Waals surface area contributed by atoms with Crippen LogP contribution in [0.2, 0.25) is 0 Å². The fourth-order valence-electron chi connectivity index (χ4n) is 4.18. The number of rotatable bonds is 7. The fourth-order valence-corrected chi connectivity index (χ4v) is 4.18. The molecule has 32 heavy (non-hydrogen) atoms. The maximum atomic E-state index is 13.0. The number of nitrogens with zero attached hydrogens (tertiary/aromatic N) is 5. The average Bonchev–Trinajstić information content (AvgIpc) is 3.17. The molecule has 0 aliphatic carbocycles. The van der Waals surface area contributed by atoms with E-state index in [9.17, 15) is 9.59 Å². The van der Waals surface area contributed by atoms with Gasteiger partial charge in [-0.1, -0.05) is 60.7 Å². The van der Waals surface area contributed by atoms with Crippen LogP contribution < -0.4 is 11.2 Å². The predicted octanol–water partition coefficient (Wildman–Crippen LogP) is 3.22. The Morgan fingerprint density at radius 2 is 1.34 bits per heavy atom. The Morgan fingerprint density at radius 1 is 0.812 bits per heavy atom. The molecule has 0 aliphatic rings. The Hall–Kier alpha value is -3.45. The quantitative estimate of drug-likeness (QED) is 0.451. The molecular formula is C25H29N5O2. The van der Waals surface area contributed by atoms with Gasteiger partial charge in [0, 0.05) is 33.2 Å². The molecule has 7 nitrogen and oxygen atoms in total. The first-order chi connectivity index (χ1) is 15.4. The SMILES string of the molecule is CC(C)n1c(CN(Cc2ccccc2)Cc2ccccc2)nc2c1c(=O)n(C)c(=O)n2C. The molecule has 0 atom stereocenters. The highest BCUT2D eigenvalue weighted by Crippen LogP contribution is 2.21. The van der Waals surface area contributed by atoms with Gasteiger partial charge in [-0.15, -0.1) is 0 Å². The topological polar surface area (TPSA) is 65.1 Å². The zero-order chi connectivity index (χ0) is 22.8. The van der Waals surface area contributed by atoms with E-state index in [0.29, 0.717) is 17.7 Å². The molecule has 0 radical (unpaired) electrons. The maximum Gasteiger partial charge on any atom is 0.332 e. The summed E-state index contributed by atoms with van der Waals surface area (Å²) < 4.78 is 4.58. The summed E-state index contributed by atoms with van der Waals surface area (Å²) in [5.74, 6) is 0.778. The molecule has 0 aliphatic heterocycles. The molecule has 2 heterocycles. The van der Waals surface area contributed by atoms with Crippen molar-refractivity contribution in [2.45, 2.75) is 39.5 Å². The average molecular weight is 432 g/mol. The van der Waals surface area contributed by atoms with Crippen molar-refractivity contribution < 1.29 is 0 Å². The van der Waals surface area contributed by atoms with E-state index >= 15 is 0 Å². The highest BCUT2D eigenvalue weighted by molar-refractivity contribution is 5.71. The third kappa shape index (κ3) is 4.16. The van der Waals surface area contributed by atoms with E-state index in [0.717, 1.165) is 23.5 Å². The van der Waals surface area contributed by atoms with Crippen LogP contribution in [0.1, 0.15) is 36.8 Å². The van der Waals surface area contributed by atoms with Gasteiger partial charge in [-0.3, -0.25) is 18.8 Å². The lowest BCUT2D eigenvalue weighted by Gasteiger charge is -2.23. The summed E-state index contributed by atoms with van der Waals surface area (Å²) in [6.45, 7) is 6.11. The molecule has 0 bridgehead atoms. The summed E-state index contributed by atoms with van der Waals surface area (Å²) in [6.07, 6.45) is 0. The van der Waals surface area contributed by atoms with E-state index in [1.807, 2.05) is 54.8 Å². The van der Waals surface area contributed by atoms with Crippen LogP contribution in [0.3, 0.4) is 0 Å². The van der Waals surface area contributed by atoms with Crippen molar-refractivity contribution in [3.05, 3.63) is 98.5 Å². The first-order valence-electron chi connectivity index (χ1n) is 10.8. The summed E-state index contributed by atoms with van der Waals surface area (Å²) in [4.78, 5) is 32.6. The van der Waals surface area contributed by atoms with Crippen molar-refractivity contribution in [3.63, 3.8) is 0 Å². The van der Waals surface area contributed by atoms with E-state index in [2.05, 4.69) is 29.2 Å². The van der Waals surface area contributed by atoms with Crippen LogP contribution in [0.4, 0.5) is 0 Å². The fraction of sp³-hybridized carbons (Fsp3) is 0.320. The Balaban J connectivity index is 1.80. The van der Waals surface area contributed by atoms with E-state index in [-0.39, 0.29) is 17.3 Å². The second kappa shape index (κ2) is 8.96. The standard InChI is InChI=1S/C25H29N5O2/c1-18(2)30-21(26-23-22(30)24(31)28(4)25(32)27(23)3)17-29(15-19-11-7-5-8-12-19)16-20-13-9-6-10-14-20/h5-14,18H,15-17H2,1-4H3. The highest BCUT2D eigenvalue weighted by atomic mass is 16.2. The third-order valence-electron chi connectivity index (χ3n) is 5.74. The molecule has 2 aromatic heterocycles. The van der Waals surface area contributed by atoms with Crippen LogP contribution in [0, 0.1) is 0 Å². The predicted molar refractivity (Wildman–Crippen MR) is 126 cm³/mol. The molecule has 2 aromatic carbocycles. The molecule has 0 saturated carbocycles. The Morgan fingerprint density at radius 3 is 1.84 bits per heavy atom. The largest absolute Gasteiger partial charge is 0.332 e. The minimum absolute atomic E-state index is 0.0236. The second-order valence-corrected chi connectivity index (χ2v) is 8.49. The number of hydrogen-bond acceptors (Lipinski definition) is 4. The molecule has 0 spiro atoms. The molecule has 0 saturated heterocycles. The van der Waals surface area contributed by atoms with E-state index < -0.39 is 0 Å². The zero-order valence-electron chi connectivity index (χ0n) is 19.0. The van der Waals surface area contributed by atoms with Crippen molar-refractivity contribution in [1.29, 1.82) is 0 Å². The van der Waals surface area contributed by atoms with Crippen LogP contribution in [-0.4, -0.2) is 23.6 Å². The van der Waals surface area contributed by atoms with Crippen molar-refractivity contribution >= 4 is 11.2 Å². The lowest BCUT2D eigenvalue weighted by atomic mass is 10.1. The summed E-state index contributed by atoms with van der Waals surface area (Å²) in [6, 6.07) is 20.7. The van der Waals surface area contributed by atoms with Gasteiger partial charge in [0.1, 0.15) is 5.82 Å². The molecule has 4 aromatic rings. The number of aromatic nitrogens is 4. The first kappa shape index (κ1) is 21.8. The Labute approximate surface area is 187 Å². The van der Waals surface area contributed by atoms with Gasteiger partial charge in [-0.05, 0) is 25.0 Å². The van der Waals surface area contributed by atoms with Crippen LogP contribution in [0.15, 0.2) is 70.3 Å². The van der Waals surface area contributed by atoms with Gasteiger partial charge < -0.3 is 4.57 Å². The summed E-state index contributed by atoms with van der Waals surface area (Å²) in [7, 11) is 3.18. The molecule has 0 N–H and O–H groups in total. The normalized spacial score (nSPS) is 11.7. The van der Waals surface area contributed by atoms with Gasteiger partial charge in [0.25, 0.3) is 5.56 Å². The van der Waals surface area contributed by atoms with Crippen molar-refractivity contribution in [2.75, 3.05) is 0 Å².